The molecular weight excluding hydrogens is 240 g/mol. The van der Waals surface area contributed by atoms with Crippen molar-refractivity contribution < 1.29 is 24.6 Å². The minimum atomic E-state index is -1.24. The molecule has 0 aromatic carbocycles. The Balaban J connectivity index is 4.04. The Bertz CT molecular complexity index is 304. The Kier molecular flexibility index (Phi) is 7.50. The summed E-state index contributed by atoms with van der Waals surface area (Å²) in [7, 11) is 0. The molecular formula is C11H20N2O5. The van der Waals surface area contributed by atoms with Gasteiger partial charge in [0.15, 0.2) is 0 Å². The van der Waals surface area contributed by atoms with Gasteiger partial charge in [0.1, 0.15) is 6.04 Å². The first-order valence-electron chi connectivity index (χ1n) is 5.82. The van der Waals surface area contributed by atoms with Crippen molar-refractivity contribution in [2.75, 3.05) is 6.54 Å². The third-order valence-electron chi connectivity index (χ3n) is 2.26. The number of hydrogen-bond donors (Lipinski definition) is 4. The zero-order valence-corrected chi connectivity index (χ0v) is 10.6. The van der Waals surface area contributed by atoms with Gasteiger partial charge in [-0.1, -0.05) is 13.8 Å². The van der Waals surface area contributed by atoms with Crippen LogP contribution in [-0.4, -0.2) is 40.8 Å². The number of carbonyl (C=O) groups excluding carboxylic acids is 1. The first-order chi connectivity index (χ1) is 8.32. The van der Waals surface area contributed by atoms with E-state index in [1.807, 2.05) is 13.8 Å². The van der Waals surface area contributed by atoms with E-state index in [9.17, 15) is 14.4 Å². The lowest BCUT2D eigenvalue weighted by atomic mass is 10.1. The summed E-state index contributed by atoms with van der Waals surface area (Å²) < 4.78 is 0. The van der Waals surface area contributed by atoms with Gasteiger partial charge in [-0.3, -0.25) is 4.79 Å². The Morgan fingerprint density at radius 2 is 1.72 bits per heavy atom. The predicted octanol–water partition coefficient (Wildman–Crippen LogP) is 0.650. The number of amides is 2. The number of aliphatic carboxylic acids is 2. The maximum atomic E-state index is 11.4. The van der Waals surface area contributed by atoms with Gasteiger partial charge in [-0.25, -0.2) is 9.59 Å². The van der Waals surface area contributed by atoms with Gasteiger partial charge < -0.3 is 20.8 Å². The number of carbonyl (C=O) groups is 3. The van der Waals surface area contributed by atoms with E-state index in [4.69, 9.17) is 10.2 Å². The summed E-state index contributed by atoms with van der Waals surface area (Å²) in [5.74, 6) is -1.90. The minimum absolute atomic E-state index is 0.137. The van der Waals surface area contributed by atoms with E-state index >= 15 is 0 Å². The van der Waals surface area contributed by atoms with E-state index in [0.29, 0.717) is 12.5 Å². The normalized spacial score (nSPS) is 11.9. The Morgan fingerprint density at radius 3 is 2.17 bits per heavy atom. The maximum Gasteiger partial charge on any atom is 0.326 e. The fourth-order valence-electron chi connectivity index (χ4n) is 1.21. The van der Waals surface area contributed by atoms with Crippen molar-refractivity contribution >= 4 is 18.0 Å². The molecule has 0 aliphatic rings. The van der Waals surface area contributed by atoms with Crippen LogP contribution < -0.4 is 10.6 Å². The highest BCUT2D eigenvalue weighted by Crippen LogP contribution is 1.99. The summed E-state index contributed by atoms with van der Waals surface area (Å²) in [4.78, 5) is 32.5. The van der Waals surface area contributed by atoms with Crippen LogP contribution >= 0.6 is 0 Å². The number of nitrogens with one attached hydrogen (secondary N) is 2. The van der Waals surface area contributed by atoms with Crippen LogP contribution in [0.1, 0.15) is 33.1 Å². The third kappa shape index (κ3) is 8.37. The molecule has 0 saturated heterocycles. The average Bonchev–Trinajstić information content (AvgIpc) is 2.22. The van der Waals surface area contributed by atoms with Crippen LogP contribution in [0.5, 0.6) is 0 Å². The fraction of sp³-hybridized carbons (Fsp3) is 0.727. The highest BCUT2D eigenvalue weighted by molar-refractivity contribution is 5.82. The van der Waals surface area contributed by atoms with E-state index in [-0.39, 0.29) is 12.8 Å². The molecule has 0 bridgehead atoms. The zero-order valence-electron chi connectivity index (χ0n) is 10.6. The van der Waals surface area contributed by atoms with Crippen molar-refractivity contribution in [1.29, 1.82) is 0 Å². The van der Waals surface area contributed by atoms with Crippen LogP contribution in [0.15, 0.2) is 0 Å². The summed E-state index contributed by atoms with van der Waals surface area (Å²) >= 11 is 0. The first kappa shape index (κ1) is 16.2. The van der Waals surface area contributed by atoms with E-state index < -0.39 is 24.0 Å². The van der Waals surface area contributed by atoms with Gasteiger partial charge >= 0.3 is 18.0 Å². The second kappa shape index (κ2) is 8.32. The molecule has 0 rings (SSSR count). The standard InChI is InChI=1S/C11H20N2O5/c1-7(2)5-6-12-11(18)13-8(10(16)17)3-4-9(14)15/h7-8H,3-6H2,1-2H3,(H,14,15)(H,16,17)(H2,12,13,18)/t8-/m0/s1. The van der Waals surface area contributed by atoms with Crippen molar-refractivity contribution in [1.82, 2.24) is 10.6 Å². The molecule has 4 N–H and O–H groups in total. The molecule has 7 nitrogen and oxygen atoms in total. The smallest absolute Gasteiger partial charge is 0.326 e. The lowest BCUT2D eigenvalue weighted by Gasteiger charge is -2.14. The van der Waals surface area contributed by atoms with E-state index in [1.165, 1.54) is 0 Å². The monoisotopic (exact) mass is 260 g/mol. The molecule has 0 unspecified atom stereocenters. The summed E-state index contributed by atoms with van der Waals surface area (Å²) in [6.07, 6.45) is 0.353. The molecule has 7 heteroatoms. The van der Waals surface area contributed by atoms with E-state index in [2.05, 4.69) is 10.6 Å². The van der Waals surface area contributed by atoms with Gasteiger partial charge in [0.05, 0.1) is 0 Å². The lowest BCUT2D eigenvalue weighted by molar-refractivity contribution is -0.140. The van der Waals surface area contributed by atoms with Gasteiger partial charge in [0.2, 0.25) is 0 Å². The van der Waals surface area contributed by atoms with Crippen LogP contribution in [0.25, 0.3) is 0 Å². The second-order valence-corrected chi connectivity index (χ2v) is 4.41. The molecule has 0 saturated carbocycles. The summed E-state index contributed by atoms with van der Waals surface area (Å²) in [5.41, 5.74) is 0. The molecule has 104 valence electrons. The van der Waals surface area contributed by atoms with Crippen molar-refractivity contribution in [2.45, 2.75) is 39.2 Å². The minimum Gasteiger partial charge on any atom is -0.481 e. The van der Waals surface area contributed by atoms with E-state index in [0.717, 1.165) is 6.42 Å². The van der Waals surface area contributed by atoms with Gasteiger partial charge in [0.25, 0.3) is 0 Å². The first-order valence-corrected chi connectivity index (χ1v) is 5.82. The largest absolute Gasteiger partial charge is 0.481 e. The van der Waals surface area contributed by atoms with Crippen LogP contribution in [0.3, 0.4) is 0 Å². The molecule has 0 aliphatic carbocycles. The summed E-state index contributed by atoms with van der Waals surface area (Å²) in [6, 6.07) is -1.77. The average molecular weight is 260 g/mol. The lowest BCUT2D eigenvalue weighted by Crippen LogP contribution is -2.46. The molecule has 1 atom stereocenters. The summed E-state index contributed by atoms with van der Waals surface area (Å²) in [6.45, 7) is 4.47. The highest BCUT2D eigenvalue weighted by atomic mass is 16.4. The molecule has 0 aromatic heterocycles. The number of carboxylic acids is 2. The summed E-state index contributed by atoms with van der Waals surface area (Å²) in [5, 5.41) is 22.0. The fourth-order valence-corrected chi connectivity index (χ4v) is 1.21. The van der Waals surface area contributed by atoms with Crippen LogP contribution in [0, 0.1) is 5.92 Å². The second-order valence-electron chi connectivity index (χ2n) is 4.41. The molecule has 0 fully saturated rings. The van der Waals surface area contributed by atoms with Gasteiger partial charge in [-0.15, -0.1) is 0 Å². The molecule has 0 heterocycles. The van der Waals surface area contributed by atoms with Crippen molar-refractivity contribution in [2.24, 2.45) is 5.92 Å². The zero-order chi connectivity index (χ0) is 14.1. The van der Waals surface area contributed by atoms with Gasteiger partial charge in [-0.2, -0.15) is 0 Å². The molecule has 18 heavy (non-hydrogen) atoms. The van der Waals surface area contributed by atoms with Gasteiger partial charge in [-0.05, 0) is 18.8 Å². The van der Waals surface area contributed by atoms with Crippen molar-refractivity contribution in [3.63, 3.8) is 0 Å². The Morgan fingerprint density at radius 1 is 1.11 bits per heavy atom. The number of hydrogen-bond acceptors (Lipinski definition) is 3. The van der Waals surface area contributed by atoms with Crippen molar-refractivity contribution in [3.8, 4) is 0 Å². The SMILES string of the molecule is CC(C)CCNC(=O)N[C@@H](CCC(=O)O)C(=O)O. The molecule has 0 spiro atoms. The Hall–Kier alpha value is -1.79. The van der Waals surface area contributed by atoms with Crippen LogP contribution in [-0.2, 0) is 9.59 Å². The highest BCUT2D eigenvalue weighted by Gasteiger charge is 2.20. The number of urea groups is 1. The third-order valence-corrected chi connectivity index (χ3v) is 2.26. The predicted molar refractivity (Wildman–Crippen MR) is 64.3 cm³/mol. The molecule has 0 radical (unpaired) electrons. The maximum absolute atomic E-state index is 11.4. The Labute approximate surface area is 106 Å². The number of rotatable bonds is 8. The molecule has 2 amide bonds. The quantitative estimate of drug-likeness (QED) is 0.511. The van der Waals surface area contributed by atoms with Gasteiger partial charge in [0, 0.05) is 13.0 Å². The molecule has 0 aliphatic heterocycles. The molecule has 0 aromatic rings. The van der Waals surface area contributed by atoms with E-state index in [1.54, 1.807) is 0 Å². The topological polar surface area (TPSA) is 116 Å². The van der Waals surface area contributed by atoms with Crippen LogP contribution in [0.4, 0.5) is 4.79 Å². The van der Waals surface area contributed by atoms with Crippen LogP contribution in [0.2, 0.25) is 0 Å². The number of carboxylic acid groups (broad SMARTS) is 2. The van der Waals surface area contributed by atoms with Crippen molar-refractivity contribution in [3.05, 3.63) is 0 Å².